The number of benzene rings is 3. The van der Waals surface area contributed by atoms with E-state index in [1.54, 1.807) is 60.7 Å². The first kappa shape index (κ1) is 20.0. The van der Waals surface area contributed by atoms with Gasteiger partial charge in [0.2, 0.25) is 18.2 Å². The molecule has 0 radical (unpaired) electrons. The van der Waals surface area contributed by atoms with Crippen molar-refractivity contribution in [2.75, 3.05) is 0 Å². The summed E-state index contributed by atoms with van der Waals surface area (Å²) >= 11 is 0. The molecule has 3 aromatic carbocycles. The van der Waals surface area contributed by atoms with Gasteiger partial charge in [0.05, 0.1) is 0 Å². The molecule has 0 fully saturated rings. The van der Waals surface area contributed by atoms with E-state index in [0.717, 1.165) is 22.3 Å². The molecule has 28 heavy (non-hydrogen) atoms. The molecule has 3 rings (SSSR count). The highest BCUT2D eigenvalue weighted by Crippen LogP contribution is 2.52. The summed E-state index contributed by atoms with van der Waals surface area (Å²) in [5.74, 6) is 0. The SMILES string of the molecule is Cc1cc(C)c(C(=O)P(=O)(C(=O)c2ccccc2)c2ccccc2)c(C)c1C. The van der Waals surface area contributed by atoms with Crippen LogP contribution in [-0.2, 0) is 4.57 Å². The van der Waals surface area contributed by atoms with E-state index < -0.39 is 18.2 Å². The highest BCUT2D eigenvalue weighted by Gasteiger charge is 2.43. The molecule has 0 aliphatic heterocycles. The fourth-order valence-corrected chi connectivity index (χ4v) is 5.91. The largest absolute Gasteiger partial charge is 0.302 e. The minimum Gasteiger partial charge on any atom is -0.302 e. The lowest BCUT2D eigenvalue weighted by molar-refractivity contribution is 0.104. The van der Waals surface area contributed by atoms with E-state index in [1.807, 2.05) is 33.8 Å². The van der Waals surface area contributed by atoms with E-state index in [4.69, 9.17) is 0 Å². The summed E-state index contributed by atoms with van der Waals surface area (Å²) in [5.41, 5.74) is 3.01. The van der Waals surface area contributed by atoms with Gasteiger partial charge in [-0.3, -0.25) is 9.59 Å². The van der Waals surface area contributed by atoms with Crippen molar-refractivity contribution in [1.82, 2.24) is 0 Å². The molecule has 0 aromatic heterocycles. The molecule has 0 saturated carbocycles. The molecular weight excluding hydrogens is 367 g/mol. The Bertz CT molecular complexity index is 1100. The van der Waals surface area contributed by atoms with Gasteiger partial charge in [-0.15, -0.1) is 0 Å². The van der Waals surface area contributed by atoms with Gasteiger partial charge in [0.1, 0.15) is 0 Å². The van der Waals surface area contributed by atoms with Crippen molar-refractivity contribution in [3.05, 3.63) is 100 Å². The molecule has 1 unspecified atom stereocenters. The Kier molecular flexibility index (Phi) is 5.49. The molecule has 0 N–H and O–H groups in total. The topological polar surface area (TPSA) is 51.2 Å². The van der Waals surface area contributed by atoms with Crippen LogP contribution in [0.2, 0.25) is 0 Å². The fraction of sp³-hybridized carbons (Fsp3) is 0.167. The van der Waals surface area contributed by atoms with Crippen LogP contribution < -0.4 is 5.30 Å². The van der Waals surface area contributed by atoms with Crippen LogP contribution in [0, 0.1) is 27.7 Å². The lowest BCUT2D eigenvalue weighted by Crippen LogP contribution is -2.22. The van der Waals surface area contributed by atoms with Gasteiger partial charge in [0.25, 0.3) is 0 Å². The number of carbonyl (C=O) groups excluding carboxylic acids is 2. The first-order chi connectivity index (χ1) is 13.3. The minimum atomic E-state index is -4.06. The standard InChI is InChI=1S/C24H23O3P/c1-16-15-17(2)22(19(4)18(16)3)24(26)28(27,21-13-9-6-10-14-21)23(25)20-11-7-5-8-12-20/h5-15H,1-4H3. The van der Waals surface area contributed by atoms with Crippen LogP contribution in [-0.4, -0.2) is 11.0 Å². The van der Waals surface area contributed by atoms with E-state index in [0.29, 0.717) is 5.56 Å². The molecule has 0 amide bonds. The molecule has 0 aliphatic carbocycles. The third-order valence-electron chi connectivity index (χ3n) is 5.28. The zero-order valence-electron chi connectivity index (χ0n) is 16.5. The molecule has 0 aliphatic rings. The average Bonchev–Trinajstić information content (AvgIpc) is 2.72. The molecule has 0 heterocycles. The summed E-state index contributed by atoms with van der Waals surface area (Å²) in [6.07, 6.45) is 0. The molecule has 0 saturated heterocycles. The van der Waals surface area contributed by atoms with Gasteiger partial charge in [0, 0.05) is 16.4 Å². The summed E-state index contributed by atoms with van der Waals surface area (Å²) < 4.78 is 14.2. The van der Waals surface area contributed by atoms with E-state index in [1.165, 1.54) is 0 Å². The average molecular weight is 390 g/mol. The Hall–Kier alpha value is -2.77. The van der Waals surface area contributed by atoms with Crippen LogP contribution in [0.5, 0.6) is 0 Å². The van der Waals surface area contributed by atoms with E-state index in [2.05, 4.69) is 0 Å². The Morgan fingerprint density at radius 2 is 1.21 bits per heavy atom. The fourth-order valence-electron chi connectivity index (χ4n) is 3.50. The van der Waals surface area contributed by atoms with E-state index in [9.17, 15) is 14.2 Å². The quantitative estimate of drug-likeness (QED) is 0.534. The lowest BCUT2D eigenvalue weighted by atomic mass is 9.95. The first-order valence-electron chi connectivity index (χ1n) is 9.16. The summed E-state index contributed by atoms with van der Waals surface area (Å²) in [4.78, 5) is 27.1. The minimum absolute atomic E-state index is 0.269. The summed E-state index contributed by atoms with van der Waals surface area (Å²) in [7, 11) is -4.06. The zero-order valence-corrected chi connectivity index (χ0v) is 17.4. The Labute approximate surface area is 165 Å². The van der Waals surface area contributed by atoms with Crippen molar-refractivity contribution in [3.63, 3.8) is 0 Å². The van der Waals surface area contributed by atoms with Crippen LogP contribution in [0.3, 0.4) is 0 Å². The van der Waals surface area contributed by atoms with Gasteiger partial charge in [-0.2, -0.15) is 0 Å². The van der Waals surface area contributed by atoms with Crippen molar-refractivity contribution in [2.45, 2.75) is 27.7 Å². The zero-order chi connectivity index (χ0) is 20.5. The summed E-state index contributed by atoms with van der Waals surface area (Å²) in [6, 6.07) is 18.7. The van der Waals surface area contributed by atoms with Gasteiger partial charge in [-0.05, 0) is 49.9 Å². The van der Waals surface area contributed by atoms with Crippen LogP contribution in [0.1, 0.15) is 43.0 Å². The maximum Gasteiger partial charge on any atom is 0.248 e. The van der Waals surface area contributed by atoms with Crippen LogP contribution in [0.4, 0.5) is 0 Å². The van der Waals surface area contributed by atoms with E-state index in [-0.39, 0.29) is 10.9 Å². The maximum atomic E-state index is 14.2. The molecule has 3 nitrogen and oxygen atoms in total. The lowest BCUT2D eigenvalue weighted by Gasteiger charge is -2.20. The van der Waals surface area contributed by atoms with Crippen molar-refractivity contribution >= 4 is 23.5 Å². The van der Waals surface area contributed by atoms with Gasteiger partial charge >= 0.3 is 0 Å². The van der Waals surface area contributed by atoms with Crippen LogP contribution in [0.25, 0.3) is 0 Å². The second-order valence-corrected chi connectivity index (χ2v) is 9.60. The van der Waals surface area contributed by atoms with Crippen LogP contribution >= 0.6 is 7.14 Å². The first-order valence-corrected chi connectivity index (χ1v) is 10.9. The monoisotopic (exact) mass is 390 g/mol. The van der Waals surface area contributed by atoms with Gasteiger partial charge in [-0.1, -0.05) is 66.7 Å². The van der Waals surface area contributed by atoms with Gasteiger partial charge < -0.3 is 4.57 Å². The maximum absolute atomic E-state index is 14.2. The number of rotatable bonds is 5. The third kappa shape index (κ3) is 3.27. The number of aryl methyl sites for hydroxylation is 2. The van der Waals surface area contributed by atoms with Crippen molar-refractivity contribution in [1.29, 1.82) is 0 Å². The predicted octanol–water partition coefficient (Wildman–Crippen LogP) is 5.59. The van der Waals surface area contributed by atoms with Gasteiger partial charge in [0.15, 0.2) is 0 Å². The molecular formula is C24H23O3P. The van der Waals surface area contributed by atoms with Crippen molar-refractivity contribution in [2.24, 2.45) is 0 Å². The Morgan fingerprint density at radius 3 is 1.79 bits per heavy atom. The summed E-state index contributed by atoms with van der Waals surface area (Å²) in [6.45, 7) is 7.60. The van der Waals surface area contributed by atoms with Crippen LogP contribution in [0.15, 0.2) is 66.7 Å². The predicted molar refractivity (Wildman–Crippen MR) is 114 cm³/mol. The smallest absolute Gasteiger partial charge is 0.248 e. The highest BCUT2D eigenvalue weighted by atomic mass is 31.2. The third-order valence-corrected chi connectivity index (χ3v) is 7.93. The molecule has 3 aromatic rings. The van der Waals surface area contributed by atoms with Crippen molar-refractivity contribution in [3.8, 4) is 0 Å². The summed E-state index contributed by atoms with van der Waals surface area (Å²) in [5, 5.41) is 0.269. The molecule has 4 heteroatoms. The normalized spacial score (nSPS) is 13.0. The second-order valence-electron chi connectivity index (χ2n) is 7.06. The molecule has 142 valence electrons. The second kappa shape index (κ2) is 7.69. The van der Waals surface area contributed by atoms with E-state index >= 15 is 0 Å². The number of hydrogen-bond acceptors (Lipinski definition) is 3. The Balaban J connectivity index is 2.28. The number of hydrogen-bond donors (Lipinski definition) is 0. The van der Waals surface area contributed by atoms with Gasteiger partial charge in [-0.25, -0.2) is 0 Å². The molecule has 0 spiro atoms. The molecule has 1 atom stereocenters. The highest BCUT2D eigenvalue weighted by molar-refractivity contribution is 8.01. The Morgan fingerprint density at radius 1 is 0.679 bits per heavy atom. The number of carbonyl (C=O) groups is 2. The van der Waals surface area contributed by atoms with Crippen molar-refractivity contribution < 1.29 is 14.2 Å². The molecule has 0 bridgehead atoms.